The molecular formula is C22H20N2O3. The molecule has 0 fully saturated rings. The second kappa shape index (κ2) is 6.76. The van der Waals surface area contributed by atoms with Gasteiger partial charge in [-0.2, -0.15) is 0 Å². The predicted molar refractivity (Wildman–Crippen MR) is 105 cm³/mol. The Morgan fingerprint density at radius 1 is 1.04 bits per heavy atom. The fourth-order valence-electron chi connectivity index (χ4n) is 3.75. The number of hydrogen-bond donors (Lipinski definition) is 2. The Labute approximate surface area is 157 Å². The Balaban J connectivity index is 2.05. The van der Waals surface area contributed by atoms with E-state index in [1.807, 2.05) is 48.5 Å². The molecule has 136 valence electrons. The van der Waals surface area contributed by atoms with E-state index in [1.54, 1.807) is 13.8 Å². The number of carbonyl (C=O) groups is 2. The van der Waals surface area contributed by atoms with Crippen LogP contribution in [0.1, 0.15) is 25.5 Å². The van der Waals surface area contributed by atoms with Crippen molar-refractivity contribution >= 4 is 33.5 Å². The zero-order valence-corrected chi connectivity index (χ0v) is 15.2. The number of esters is 1. The van der Waals surface area contributed by atoms with Gasteiger partial charge in [-0.05, 0) is 47.0 Å². The summed E-state index contributed by atoms with van der Waals surface area (Å²) in [5.74, 6) is -0.426. The summed E-state index contributed by atoms with van der Waals surface area (Å²) < 4.78 is 5.27. The number of urea groups is 1. The maximum atomic E-state index is 12.7. The van der Waals surface area contributed by atoms with E-state index in [-0.39, 0.29) is 12.6 Å². The van der Waals surface area contributed by atoms with Gasteiger partial charge in [0, 0.05) is 5.70 Å². The van der Waals surface area contributed by atoms with Gasteiger partial charge in [-0.25, -0.2) is 9.59 Å². The standard InChI is InChI=1S/C22H20N2O3/c1-3-27-21(25)18-13(2)23-22(26)24-20(18)19-16-10-6-4-8-14(16)12-15-9-5-7-11-17(15)19/h4-12,20H,3H2,1-2H3,(H2,23,24,26)/t20-/m1/s1. The Bertz CT molecular complexity index is 1050. The first-order chi connectivity index (χ1) is 13.1. The number of amides is 2. The molecule has 0 aliphatic carbocycles. The van der Waals surface area contributed by atoms with Crippen LogP contribution < -0.4 is 10.6 Å². The minimum absolute atomic E-state index is 0.270. The molecule has 5 heteroatoms. The van der Waals surface area contributed by atoms with E-state index in [1.165, 1.54) is 0 Å². The van der Waals surface area contributed by atoms with Crippen LogP contribution in [0.5, 0.6) is 0 Å². The predicted octanol–water partition coefficient (Wildman–Crippen LogP) is 4.18. The Hall–Kier alpha value is -3.34. The van der Waals surface area contributed by atoms with E-state index in [0.29, 0.717) is 11.3 Å². The summed E-state index contributed by atoms with van der Waals surface area (Å²) in [5, 5.41) is 9.73. The Kier molecular flexibility index (Phi) is 4.28. The average Bonchev–Trinajstić information content (AvgIpc) is 2.65. The average molecular weight is 360 g/mol. The van der Waals surface area contributed by atoms with Crippen LogP contribution in [0.3, 0.4) is 0 Å². The van der Waals surface area contributed by atoms with E-state index < -0.39 is 12.0 Å². The third-order valence-electron chi connectivity index (χ3n) is 4.87. The molecule has 0 saturated carbocycles. The van der Waals surface area contributed by atoms with Gasteiger partial charge in [0.1, 0.15) is 0 Å². The number of ether oxygens (including phenoxy) is 1. The quantitative estimate of drug-likeness (QED) is 0.544. The van der Waals surface area contributed by atoms with Gasteiger partial charge in [-0.3, -0.25) is 0 Å². The number of fused-ring (bicyclic) bond motifs is 2. The zero-order valence-electron chi connectivity index (χ0n) is 15.2. The van der Waals surface area contributed by atoms with E-state index >= 15 is 0 Å². The molecule has 0 saturated heterocycles. The highest BCUT2D eigenvalue weighted by atomic mass is 16.5. The molecule has 1 aliphatic rings. The maximum Gasteiger partial charge on any atom is 0.338 e. The molecule has 1 heterocycles. The SMILES string of the molecule is CCOC(=O)C1=C(C)NC(=O)N[C@H]1c1c2ccccc2cc2ccccc12. The van der Waals surface area contributed by atoms with E-state index in [0.717, 1.165) is 27.1 Å². The number of nitrogens with one attached hydrogen (secondary N) is 2. The molecule has 2 N–H and O–H groups in total. The second-order valence-corrected chi connectivity index (χ2v) is 6.52. The van der Waals surface area contributed by atoms with E-state index in [2.05, 4.69) is 16.7 Å². The molecule has 0 spiro atoms. The fraction of sp³-hybridized carbons (Fsp3) is 0.182. The van der Waals surface area contributed by atoms with Crippen LogP contribution in [0.25, 0.3) is 21.5 Å². The lowest BCUT2D eigenvalue weighted by molar-refractivity contribution is -0.139. The summed E-state index contributed by atoms with van der Waals surface area (Å²) in [6, 6.07) is 17.2. The summed E-state index contributed by atoms with van der Waals surface area (Å²) >= 11 is 0. The molecule has 1 atom stereocenters. The smallest absolute Gasteiger partial charge is 0.338 e. The van der Waals surface area contributed by atoms with Gasteiger partial charge in [0.15, 0.2) is 0 Å². The van der Waals surface area contributed by atoms with Gasteiger partial charge >= 0.3 is 12.0 Å². The molecule has 5 nitrogen and oxygen atoms in total. The third kappa shape index (κ3) is 2.91. The lowest BCUT2D eigenvalue weighted by Crippen LogP contribution is -2.45. The van der Waals surface area contributed by atoms with E-state index in [4.69, 9.17) is 4.74 Å². The topological polar surface area (TPSA) is 67.4 Å². The first-order valence-electron chi connectivity index (χ1n) is 8.96. The van der Waals surface area contributed by atoms with Gasteiger partial charge in [0.05, 0.1) is 18.2 Å². The van der Waals surface area contributed by atoms with Crippen molar-refractivity contribution in [2.45, 2.75) is 19.9 Å². The van der Waals surface area contributed by atoms with Crippen molar-refractivity contribution < 1.29 is 14.3 Å². The minimum atomic E-state index is -0.589. The number of rotatable bonds is 3. The third-order valence-corrected chi connectivity index (χ3v) is 4.87. The van der Waals surface area contributed by atoms with Crippen LogP contribution >= 0.6 is 0 Å². The summed E-state index contributed by atoms with van der Waals surface area (Å²) in [6.07, 6.45) is 0. The first-order valence-corrected chi connectivity index (χ1v) is 8.96. The van der Waals surface area contributed by atoms with E-state index in [9.17, 15) is 9.59 Å². The molecular weight excluding hydrogens is 340 g/mol. The van der Waals surface area contributed by atoms with Crippen LogP contribution in [0.4, 0.5) is 4.79 Å². The van der Waals surface area contributed by atoms with Gasteiger partial charge in [-0.15, -0.1) is 0 Å². The molecule has 0 unspecified atom stereocenters. The van der Waals surface area contributed by atoms with Crippen molar-refractivity contribution in [1.82, 2.24) is 10.6 Å². The summed E-state index contributed by atoms with van der Waals surface area (Å²) in [4.78, 5) is 24.9. The van der Waals surface area contributed by atoms with Crippen molar-refractivity contribution in [3.63, 3.8) is 0 Å². The second-order valence-electron chi connectivity index (χ2n) is 6.52. The van der Waals surface area contributed by atoms with Gasteiger partial charge in [0.25, 0.3) is 0 Å². The van der Waals surface area contributed by atoms with Crippen LogP contribution in [0.15, 0.2) is 65.9 Å². The van der Waals surface area contributed by atoms with Gasteiger partial charge in [0.2, 0.25) is 0 Å². The van der Waals surface area contributed by atoms with Gasteiger partial charge < -0.3 is 15.4 Å². The summed E-state index contributed by atoms with van der Waals surface area (Å²) in [6.45, 7) is 3.77. The summed E-state index contributed by atoms with van der Waals surface area (Å²) in [5.41, 5.74) is 1.85. The van der Waals surface area contributed by atoms with Crippen LogP contribution in [-0.4, -0.2) is 18.6 Å². The molecule has 0 aromatic heterocycles. The van der Waals surface area contributed by atoms with Crippen LogP contribution in [0, 0.1) is 0 Å². The molecule has 27 heavy (non-hydrogen) atoms. The summed E-state index contributed by atoms with van der Waals surface area (Å²) in [7, 11) is 0. The number of hydrogen-bond acceptors (Lipinski definition) is 3. The Morgan fingerprint density at radius 2 is 1.63 bits per heavy atom. The highest BCUT2D eigenvalue weighted by molar-refractivity contribution is 6.05. The molecule has 4 rings (SSSR count). The molecule has 0 radical (unpaired) electrons. The van der Waals surface area contributed by atoms with Crippen molar-refractivity contribution in [1.29, 1.82) is 0 Å². The molecule has 0 bridgehead atoms. The van der Waals surface area contributed by atoms with Crippen molar-refractivity contribution in [2.24, 2.45) is 0 Å². The van der Waals surface area contributed by atoms with Gasteiger partial charge in [-0.1, -0.05) is 48.5 Å². The number of allylic oxidation sites excluding steroid dienone is 1. The lowest BCUT2D eigenvalue weighted by Gasteiger charge is -2.29. The Morgan fingerprint density at radius 3 is 2.22 bits per heavy atom. The van der Waals surface area contributed by atoms with Crippen LogP contribution in [-0.2, 0) is 9.53 Å². The molecule has 2 amide bonds. The van der Waals surface area contributed by atoms with Crippen molar-refractivity contribution in [3.8, 4) is 0 Å². The lowest BCUT2D eigenvalue weighted by atomic mass is 9.87. The number of benzene rings is 3. The zero-order chi connectivity index (χ0) is 19.0. The minimum Gasteiger partial charge on any atom is -0.463 e. The highest BCUT2D eigenvalue weighted by Crippen LogP contribution is 2.37. The first kappa shape index (κ1) is 17.1. The monoisotopic (exact) mass is 360 g/mol. The number of carbonyl (C=O) groups excluding carboxylic acids is 2. The van der Waals surface area contributed by atoms with Crippen LogP contribution in [0.2, 0.25) is 0 Å². The molecule has 3 aromatic rings. The molecule has 3 aromatic carbocycles. The van der Waals surface area contributed by atoms with Crippen molar-refractivity contribution in [2.75, 3.05) is 6.61 Å². The van der Waals surface area contributed by atoms with Crippen molar-refractivity contribution in [3.05, 3.63) is 71.4 Å². The maximum absolute atomic E-state index is 12.7. The largest absolute Gasteiger partial charge is 0.463 e. The molecule has 1 aliphatic heterocycles. The highest BCUT2D eigenvalue weighted by Gasteiger charge is 2.34. The normalized spacial score (nSPS) is 17.0. The fourth-order valence-corrected chi connectivity index (χ4v) is 3.75.